The van der Waals surface area contributed by atoms with Gasteiger partial charge in [0.15, 0.2) is 5.82 Å². The molecule has 4 heterocycles. The Bertz CT molecular complexity index is 1220. The number of nitrogens with zero attached hydrogens (tertiary/aromatic N) is 6. The summed E-state index contributed by atoms with van der Waals surface area (Å²) in [5.41, 5.74) is 3.47. The highest BCUT2D eigenvalue weighted by Gasteiger charge is 2.64. The molecule has 0 unspecified atom stereocenters. The van der Waals surface area contributed by atoms with Gasteiger partial charge in [-0.3, -0.25) is 4.90 Å². The van der Waals surface area contributed by atoms with E-state index in [0.717, 1.165) is 67.8 Å². The van der Waals surface area contributed by atoms with Gasteiger partial charge in [0.1, 0.15) is 12.1 Å². The molecule has 7 heteroatoms. The molecule has 0 N–H and O–H groups in total. The van der Waals surface area contributed by atoms with Gasteiger partial charge in [-0.05, 0) is 47.6 Å². The molecule has 0 radical (unpaired) electrons. The van der Waals surface area contributed by atoms with Crippen LogP contribution in [0.15, 0.2) is 36.8 Å². The van der Waals surface area contributed by atoms with E-state index in [1.807, 2.05) is 10.9 Å². The van der Waals surface area contributed by atoms with Crippen molar-refractivity contribution in [3.05, 3.63) is 42.4 Å². The molecule has 2 aromatic heterocycles. The van der Waals surface area contributed by atoms with Gasteiger partial charge in [0, 0.05) is 37.6 Å². The van der Waals surface area contributed by atoms with Crippen LogP contribution in [-0.4, -0.2) is 70.1 Å². The molecule has 2 aliphatic heterocycles. The number of benzene rings is 1. The average Bonchev–Trinajstić information content (AvgIpc) is 3.55. The van der Waals surface area contributed by atoms with Crippen molar-refractivity contribution in [2.24, 2.45) is 11.3 Å². The fourth-order valence-corrected chi connectivity index (χ4v) is 6.84. The second kappa shape index (κ2) is 7.00. The van der Waals surface area contributed by atoms with E-state index in [-0.39, 0.29) is 5.41 Å². The molecule has 7 nitrogen and oxygen atoms in total. The average molecular weight is 445 g/mol. The minimum atomic E-state index is 0.262. The third kappa shape index (κ3) is 2.98. The Morgan fingerprint density at radius 3 is 2.79 bits per heavy atom. The third-order valence-electron chi connectivity index (χ3n) is 9.33. The minimum Gasteiger partial charge on any atom is -0.378 e. The summed E-state index contributed by atoms with van der Waals surface area (Å²) >= 11 is 0. The standard InChI is InChI=1S/C26H32N6O/c1-18-25(2,16-26(18)5-6-26)20-4-3-19-13-29-32(22(19)11-20)24-12-23(27-17-28-24)31-8-7-30-9-10-33-15-21(30)14-31/h3-4,11-13,17-18,21H,5-10,14-16H2,1-2H3/t18-,21-,25+/m0/s1. The van der Waals surface area contributed by atoms with Gasteiger partial charge < -0.3 is 9.64 Å². The Kier molecular flexibility index (Phi) is 4.22. The van der Waals surface area contributed by atoms with Gasteiger partial charge in [0.05, 0.1) is 31.0 Å². The second-order valence-corrected chi connectivity index (χ2v) is 11.0. The van der Waals surface area contributed by atoms with Crippen LogP contribution in [0, 0.1) is 11.3 Å². The number of aromatic nitrogens is 4. The van der Waals surface area contributed by atoms with Crippen LogP contribution in [0.5, 0.6) is 0 Å². The Balaban J connectivity index is 1.20. The molecule has 1 spiro atoms. The molecule has 7 rings (SSSR count). The maximum atomic E-state index is 5.72. The largest absolute Gasteiger partial charge is 0.378 e. The molecule has 4 aliphatic rings. The predicted octanol–water partition coefficient (Wildman–Crippen LogP) is 3.41. The van der Waals surface area contributed by atoms with Crippen LogP contribution in [-0.2, 0) is 10.2 Å². The molecule has 33 heavy (non-hydrogen) atoms. The Morgan fingerprint density at radius 1 is 1.06 bits per heavy atom. The van der Waals surface area contributed by atoms with E-state index in [0.29, 0.717) is 11.5 Å². The van der Waals surface area contributed by atoms with Crippen molar-refractivity contribution >= 4 is 16.7 Å². The fraction of sp³-hybridized carbons (Fsp3) is 0.577. The summed E-state index contributed by atoms with van der Waals surface area (Å²) in [6.07, 6.45) is 7.77. The molecular weight excluding hydrogens is 412 g/mol. The highest BCUT2D eigenvalue weighted by atomic mass is 16.5. The number of rotatable bonds is 3. The normalized spacial score (nSPS) is 30.9. The Hall–Kier alpha value is -2.51. The van der Waals surface area contributed by atoms with E-state index in [4.69, 9.17) is 9.84 Å². The second-order valence-electron chi connectivity index (χ2n) is 11.0. The van der Waals surface area contributed by atoms with Crippen molar-refractivity contribution in [2.75, 3.05) is 44.3 Å². The quantitative estimate of drug-likeness (QED) is 0.617. The Morgan fingerprint density at radius 2 is 1.94 bits per heavy atom. The molecule has 3 atom stereocenters. The molecule has 0 bridgehead atoms. The number of piperazine rings is 1. The summed E-state index contributed by atoms with van der Waals surface area (Å²) in [6, 6.07) is 9.43. The lowest BCUT2D eigenvalue weighted by Crippen LogP contribution is -2.58. The maximum Gasteiger partial charge on any atom is 0.159 e. The number of hydrogen-bond acceptors (Lipinski definition) is 6. The lowest BCUT2D eigenvalue weighted by molar-refractivity contribution is -0.0117. The van der Waals surface area contributed by atoms with Crippen LogP contribution >= 0.6 is 0 Å². The molecule has 172 valence electrons. The van der Waals surface area contributed by atoms with E-state index in [1.54, 1.807) is 6.33 Å². The van der Waals surface area contributed by atoms with Crippen molar-refractivity contribution in [3.63, 3.8) is 0 Å². The number of ether oxygens (including phenoxy) is 1. The molecule has 4 fully saturated rings. The van der Waals surface area contributed by atoms with E-state index in [1.165, 1.54) is 24.8 Å². The van der Waals surface area contributed by atoms with E-state index < -0.39 is 0 Å². The highest BCUT2D eigenvalue weighted by Crippen LogP contribution is 2.72. The zero-order valence-electron chi connectivity index (χ0n) is 19.6. The van der Waals surface area contributed by atoms with Gasteiger partial charge in [-0.15, -0.1) is 0 Å². The van der Waals surface area contributed by atoms with Crippen LogP contribution in [0.3, 0.4) is 0 Å². The van der Waals surface area contributed by atoms with Gasteiger partial charge in [-0.1, -0.05) is 26.0 Å². The summed E-state index contributed by atoms with van der Waals surface area (Å²) in [5.74, 6) is 2.55. The summed E-state index contributed by atoms with van der Waals surface area (Å²) < 4.78 is 7.71. The lowest BCUT2D eigenvalue weighted by atomic mass is 9.50. The third-order valence-corrected chi connectivity index (χ3v) is 9.33. The molecular formula is C26H32N6O. The maximum absolute atomic E-state index is 5.72. The Labute approximate surface area is 194 Å². The van der Waals surface area contributed by atoms with Crippen LogP contribution in [0.4, 0.5) is 5.82 Å². The molecule has 1 aromatic carbocycles. The van der Waals surface area contributed by atoms with Gasteiger partial charge in [0.25, 0.3) is 0 Å². The number of hydrogen-bond donors (Lipinski definition) is 0. The van der Waals surface area contributed by atoms with E-state index >= 15 is 0 Å². The lowest BCUT2D eigenvalue weighted by Gasteiger charge is -2.54. The summed E-state index contributed by atoms with van der Waals surface area (Å²) in [6.45, 7) is 10.6. The summed E-state index contributed by atoms with van der Waals surface area (Å²) in [5, 5.41) is 5.88. The number of morpholine rings is 1. The van der Waals surface area contributed by atoms with Gasteiger partial charge >= 0.3 is 0 Å². The smallest absolute Gasteiger partial charge is 0.159 e. The number of anilines is 1. The minimum absolute atomic E-state index is 0.262. The summed E-state index contributed by atoms with van der Waals surface area (Å²) in [4.78, 5) is 14.1. The molecule has 2 saturated carbocycles. The fourth-order valence-electron chi connectivity index (χ4n) is 6.84. The zero-order chi connectivity index (χ0) is 22.2. The van der Waals surface area contributed by atoms with Crippen LogP contribution in [0.25, 0.3) is 16.7 Å². The van der Waals surface area contributed by atoms with Gasteiger partial charge in [-0.25, -0.2) is 14.6 Å². The first kappa shape index (κ1) is 19.9. The molecule has 2 aliphatic carbocycles. The van der Waals surface area contributed by atoms with E-state index in [9.17, 15) is 0 Å². The summed E-state index contributed by atoms with van der Waals surface area (Å²) in [7, 11) is 0. The molecule has 0 amide bonds. The van der Waals surface area contributed by atoms with Crippen molar-refractivity contribution in [2.45, 2.75) is 44.6 Å². The van der Waals surface area contributed by atoms with Crippen LogP contribution < -0.4 is 4.90 Å². The highest BCUT2D eigenvalue weighted by molar-refractivity contribution is 5.81. The molecule has 2 saturated heterocycles. The SMILES string of the molecule is C[C@@H]1C2(CC2)C[C@@]1(C)c1ccc2cnn(-c3cc(N4CCN5CCOC[C@@H]5C4)ncn3)c2c1. The van der Waals surface area contributed by atoms with Gasteiger partial charge in [0.2, 0.25) is 0 Å². The number of fused-ring (bicyclic) bond motifs is 2. The predicted molar refractivity (Wildman–Crippen MR) is 128 cm³/mol. The van der Waals surface area contributed by atoms with Crippen molar-refractivity contribution < 1.29 is 4.74 Å². The van der Waals surface area contributed by atoms with Crippen molar-refractivity contribution in [3.8, 4) is 5.82 Å². The first-order valence-electron chi connectivity index (χ1n) is 12.4. The first-order chi connectivity index (χ1) is 16.1. The molecule has 3 aromatic rings. The van der Waals surface area contributed by atoms with Crippen molar-refractivity contribution in [1.29, 1.82) is 0 Å². The topological polar surface area (TPSA) is 59.3 Å². The van der Waals surface area contributed by atoms with Crippen LogP contribution in [0.2, 0.25) is 0 Å². The zero-order valence-corrected chi connectivity index (χ0v) is 19.6. The monoisotopic (exact) mass is 444 g/mol. The van der Waals surface area contributed by atoms with Crippen LogP contribution in [0.1, 0.15) is 38.7 Å². The van der Waals surface area contributed by atoms with Crippen molar-refractivity contribution in [1.82, 2.24) is 24.6 Å². The first-order valence-corrected chi connectivity index (χ1v) is 12.4. The van der Waals surface area contributed by atoms with E-state index in [2.05, 4.69) is 57.9 Å². The van der Waals surface area contributed by atoms with Gasteiger partial charge in [-0.2, -0.15) is 5.10 Å².